The fraction of sp³-hybridized carbons (Fsp3) is 0.143. The molecule has 1 aliphatic rings. The van der Waals surface area contributed by atoms with Crippen LogP contribution in [0.3, 0.4) is 0 Å². The minimum absolute atomic E-state index is 0. The number of allylic oxidation sites excluding steroid dienone is 1. The van der Waals surface area contributed by atoms with E-state index in [2.05, 4.69) is 20.0 Å². The summed E-state index contributed by atoms with van der Waals surface area (Å²) in [7, 11) is 0. The Morgan fingerprint density at radius 1 is 1.10 bits per heavy atom. The summed E-state index contributed by atoms with van der Waals surface area (Å²) in [6, 6.07) is 7.40. The van der Waals surface area contributed by atoms with Crippen molar-refractivity contribution in [1.82, 2.24) is 0 Å². The molecule has 1 atom stereocenters. The summed E-state index contributed by atoms with van der Waals surface area (Å²) in [5, 5.41) is 0.639. The molecule has 1 heterocycles. The first-order valence-electron chi connectivity index (χ1n) is 4.98. The number of hydrogen-bond donors (Lipinski definition) is 0. The Morgan fingerprint density at radius 2 is 1.62 bits per heavy atom. The van der Waals surface area contributed by atoms with Gasteiger partial charge in [0.15, 0.2) is 5.78 Å². The van der Waals surface area contributed by atoms with E-state index >= 15 is 0 Å². The van der Waals surface area contributed by atoms with Crippen molar-refractivity contribution in [3.05, 3.63) is 67.1 Å². The third-order valence-electron chi connectivity index (χ3n) is 2.14. The summed E-state index contributed by atoms with van der Waals surface area (Å²) in [5.41, 5.74) is 0.867. The van der Waals surface area contributed by atoms with E-state index in [1.165, 1.54) is 12.3 Å². The van der Waals surface area contributed by atoms with E-state index < -0.39 is 0 Å². The minimum atomic E-state index is -0.235. The van der Waals surface area contributed by atoms with E-state index in [4.69, 9.17) is 30.3 Å². The van der Waals surface area contributed by atoms with Gasteiger partial charge in [0.1, 0.15) is 6.10 Å². The van der Waals surface area contributed by atoms with Gasteiger partial charge in [-0.15, -0.1) is 0 Å². The number of hydrogen-bond acceptors (Lipinski definition) is 2. The van der Waals surface area contributed by atoms with Crippen molar-refractivity contribution in [3.8, 4) is 0 Å². The minimum Gasteiger partial charge on any atom is 0 e. The standard InChI is InChI=1S/C11H9ClO2.3CO.Cr/c12-10-4-2-1-3-9(10)11-7-8(13)5-6-14-11;3*1-2;/h1-6,11H,7H2;;;;/t11-;;;;/m0..../s1. The molecule has 0 unspecified atom stereocenters. The first-order valence-corrected chi connectivity index (χ1v) is 5.35. The van der Waals surface area contributed by atoms with Crippen molar-refractivity contribution in [1.29, 1.82) is 0 Å². The quantitative estimate of drug-likeness (QED) is 0.579. The molecule has 0 aromatic heterocycles. The van der Waals surface area contributed by atoms with Crippen molar-refractivity contribution in [3.63, 3.8) is 0 Å². The van der Waals surface area contributed by atoms with E-state index in [9.17, 15) is 4.79 Å². The van der Waals surface area contributed by atoms with Gasteiger partial charge in [-0.25, -0.2) is 0 Å². The van der Waals surface area contributed by atoms with Crippen LogP contribution in [0.4, 0.5) is 0 Å². The van der Waals surface area contributed by atoms with Crippen molar-refractivity contribution in [2.45, 2.75) is 12.5 Å². The van der Waals surface area contributed by atoms with Gasteiger partial charge in [0.25, 0.3) is 0 Å². The van der Waals surface area contributed by atoms with Gasteiger partial charge in [0.2, 0.25) is 0 Å². The van der Waals surface area contributed by atoms with Crippen molar-refractivity contribution < 1.29 is 40.8 Å². The molecule has 0 spiro atoms. The first-order chi connectivity index (χ1) is 9.77. The molecular weight excluding hydrogens is 336 g/mol. The molecular formula is C14H9ClCrO5. The molecule has 0 radical (unpaired) electrons. The Morgan fingerprint density at radius 3 is 2.10 bits per heavy atom. The molecule has 1 aromatic rings. The fourth-order valence-electron chi connectivity index (χ4n) is 1.43. The van der Waals surface area contributed by atoms with Gasteiger partial charge < -0.3 is 4.74 Å². The summed E-state index contributed by atoms with van der Waals surface area (Å²) in [4.78, 5) is 11.1. The Kier molecular flexibility index (Phi) is 19.3. The van der Waals surface area contributed by atoms with Crippen molar-refractivity contribution in [2.75, 3.05) is 0 Å². The van der Waals surface area contributed by atoms with Gasteiger partial charge in [-0.1, -0.05) is 29.8 Å². The summed E-state index contributed by atoms with van der Waals surface area (Å²) >= 11 is 5.99. The maximum absolute atomic E-state index is 11.1. The summed E-state index contributed by atoms with van der Waals surface area (Å²) in [5.74, 6) is 0.0705. The van der Waals surface area contributed by atoms with Gasteiger partial charge in [-0.05, 0) is 6.07 Å². The Balaban J connectivity index is -0.000000414. The van der Waals surface area contributed by atoms with Crippen LogP contribution in [0.25, 0.3) is 0 Å². The van der Waals surface area contributed by atoms with Gasteiger partial charge in [-0.2, -0.15) is 0 Å². The van der Waals surface area contributed by atoms with Gasteiger partial charge in [0.05, 0.1) is 12.7 Å². The smallest absolute Gasteiger partial charge is 0 e. The molecule has 0 bridgehead atoms. The zero-order valence-corrected chi connectivity index (χ0v) is 12.6. The number of ketones is 1. The number of carbonyl (C=O) groups is 1. The molecule has 7 heteroatoms. The summed E-state index contributed by atoms with van der Waals surface area (Å²) < 4.78 is 27.8. The fourth-order valence-corrected chi connectivity index (χ4v) is 1.69. The van der Waals surface area contributed by atoms with Gasteiger partial charge in [0, 0.05) is 34.0 Å². The van der Waals surface area contributed by atoms with Crippen LogP contribution in [-0.2, 0) is 40.8 Å². The largest absolute Gasteiger partial charge is 0 e. The Labute approximate surface area is 138 Å². The topological polar surface area (TPSA) is 86.0 Å². The van der Waals surface area contributed by atoms with E-state index in [-0.39, 0.29) is 29.2 Å². The average Bonchev–Trinajstić information content (AvgIpc) is 2.54. The first kappa shape index (κ1) is 24.5. The zero-order valence-electron chi connectivity index (χ0n) is 10.6. The molecule has 1 aromatic carbocycles. The number of benzene rings is 1. The average molecular weight is 345 g/mol. The van der Waals surface area contributed by atoms with Crippen LogP contribution in [0.1, 0.15) is 18.1 Å². The molecule has 1 aliphatic heterocycles. The number of rotatable bonds is 1. The van der Waals surface area contributed by atoms with Crippen molar-refractivity contribution in [2.24, 2.45) is 0 Å². The molecule has 0 N–H and O–H groups in total. The van der Waals surface area contributed by atoms with Crippen LogP contribution in [0.5, 0.6) is 0 Å². The van der Waals surface area contributed by atoms with Crippen molar-refractivity contribution >= 4 is 17.4 Å². The number of carbonyl (C=O) groups excluding carboxylic acids is 1. The molecule has 0 fully saturated rings. The van der Waals surface area contributed by atoms with Crippen LogP contribution in [0.15, 0.2) is 36.6 Å². The van der Waals surface area contributed by atoms with Crippen LogP contribution in [0, 0.1) is 20.0 Å². The second kappa shape index (κ2) is 16.5. The molecule has 5 nitrogen and oxygen atoms in total. The number of halogens is 1. The monoisotopic (exact) mass is 344 g/mol. The molecule has 0 amide bonds. The number of ether oxygens (including phenoxy) is 1. The second-order valence-electron chi connectivity index (χ2n) is 3.12. The third kappa shape index (κ3) is 9.10. The summed E-state index contributed by atoms with van der Waals surface area (Å²) in [6.45, 7) is 13.5. The predicted molar refractivity (Wildman–Crippen MR) is 65.8 cm³/mol. The van der Waals surface area contributed by atoms with E-state index in [1.54, 1.807) is 6.07 Å². The van der Waals surface area contributed by atoms with Crippen LogP contribution in [-0.4, -0.2) is 5.78 Å². The maximum atomic E-state index is 11.1. The SMILES string of the molecule is O=C1C=CO[C@H](c2ccccc2Cl)C1.[C-]#[O+].[C-]#[O+].[C-]#[O+].[Cr]. The zero-order chi connectivity index (χ0) is 16.0. The van der Waals surface area contributed by atoms with E-state index in [0.29, 0.717) is 11.4 Å². The molecule has 0 saturated heterocycles. The van der Waals surface area contributed by atoms with Gasteiger partial charge >= 0.3 is 33.9 Å². The Bertz CT molecular complexity index is 493. The second-order valence-corrected chi connectivity index (χ2v) is 3.53. The predicted octanol–water partition coefficient (Wildman–Crippen LogP) is 2.77. The molecule has 108 valence electrons. The summed E-state index contributed by atoms with van der Waals surface area (Å²) in [6.07, 6.45) is 2.99. The van der Waals surface area contributed by atoms with E-state index in [0.717, 1.165) is 5.56 Å². The van der Waals surface area contributed by atoms with Crippen LogP contribution >= 0.6 is 11.6 Å². The Hall–Kier alpha value is -1.53. The molecule has 21 heavy (non-hydrogen) atoms. The maximum Gasteiger partial charge on any atom is 0 e. The van der Waals surface area contributed by atoms with Crippen LogP contribution < -0.4 is 0 Å². The van der Waals surface area contributed by atoms with E-state index in [1.807, 2.05) is 18.2 Å². The van der Waals surface area contributed by atoms with Gasteiger partial charge in [-0.3, -0.25) is 4.79 Å². The third-order valence-corrected chi connectivity index (χ3v) is 2.48. The molecule has 2 rings (SSSR count). The van der Waals surface area contributed by atoms with Crippen LogP contribution in [0.2, 0.25) is 5.02 Å². The normalized spacial score (nSPS) is 14.0. The molecule has 0 saturated carbocycles. The molecule has 0 aliphatic carbocycles.